The summed E-state index contributed by atoms with van der Waals surface area (Å²) >= 11 is 0. The fraction of sp³-hybridized carbons (Fsp3) is 0.409. The van der Waals surface area contributed by atoms with E-state index in [9.17, 15) is 9.59 Å². The lowest BCUT2D eigenvalue weighted by Crippen LogP contribution is -2.56. The van der Waals surface area contributed by atoms with E-state index in [1.807, 2.05) is 49.4 Å². The standard InChI is InChI=1S/C22H28N4O3/c1-3-29-19-9-7-17(8-10-19)15-26-13-12-24-22(28)20(26)14-21(27)25(2)16-18-6-4-5-11-23-18/h4-11,20H,3,12-16H2,1-2H3,(H,24,28)/t20-/m0/s1. The number of ether oxygens (including phenoxy) is 1. The molecule has 1 fully saturated rings. The first-order valence-corrected chi connectivity index (χ1v) is 9.94. The molecule has 1 atom stereocenters. The molecule has 1 aromatic heterocycles. The van der Waals surface area contributed by atoms with E-state index in [2.05, 4.69) is 15.2 Å². The summed E-state index contributed by atoms with van der Waals surface area (Å²) in [5, 5.41) is 2.88. The highest BCUT2D eigenvalue weighted by Crippen LogP contribution is 2.18. The number of amides is 2. The summed E-state index contributed by atoms with van der Waals surface area (Å²) in [7, 11) is 1.74. The van der Waals surface area contributed by atoms with Gasteiger partial charge in [0.25, 0.3) is 0 Å². The van der Waals surface area contributed by atoms with Crippen LogP contribution in [0.5, 0.6) is 5.75 Å². The fourth-order valence-electron chi connectivity index (χ4n) is 3.41. The summed E-state index contributed by atoms with van der Waals surface area (Å²) < 4.78 is 5.48. The minimum atomic E-state index is -0.478. The highest BCUT2D eigenvalue weighted by atomic mass is 16.5. The van der Waals surface area contributed by atoms with Gasteiger partial charge in [-0.3, -0.25) is 19.5 Å². The van der Waals surface area contributed by atoms with Crippen LogP contribution in [-0.2, 0) is 22.7 Å². The van der Waals surface area contributed by atoms with E-state index >= 15 is 0 Å². The minimum Gasteiger partial charge on any atom is -0.494 e. The van der Waals surface area contributed by atoms with Crippen LogP contribution >= 0.6 is 0 Å². The van der Waals surface area contributed by atoms with Gasteiger partial charge >= 0.3 is 0 Å². The van der Waals surface area contributed by atoms with Crippen LogP contribution in [0.1, 0.15) is 24.6 Å². The van der Waals surface area contributed by atoms with Crippen LogP contribution in [0.15, 0.2) is 48.7 Å². The number of nitrogens with one attached hydrogen (secondary N) is 1. The fourth-order valence-corrected chi connectivity index (χ4v) is 3.41. The number of hydrogen-bond donors (Lipinski definition) is 1. The Morgan fingerprint density at radius 2 is 2.07 bits per heavy atom. The number of nitrogens with zero attached hydrogens (tertiary/aromatic N) is 3. The molecular formula is C22H28N4O3. The SMILES string of the molecule is CCOc1ccc(CN2CCNC(=O)[C@@H]2CC(=O)N(C)Cc2ccccn2)cc1. The van der Waals surface area contributed by atoms with Gasteiger partial charge in [-0.25, -0.2) is 0 Å². The maximum atomic E-state index is 12.8. The van der Waals surface area contributed by atoms with Crippen LogP contribution < -0.4 is 10.1 Å². The van der Waals surface area contributed by atoms with Gasteiger partial charge in [0.05, 0.1) is 31.3 Å². The first-order valence-electron chi connectivity index (χ1n) is 9.94. The van der Waals surface area contributed by atoms with E-state index < -0.39 is 6.04 Å². The van der Waals surface area contributed by atoms with Crippen molar-refractivity contribution >= 4 is 11.8 Å². The molecule has 7 nitrogen and oxygen atoms in total. The van der Waals surface area contributed by atoms with Gasteiger partial charge in [-0.15, -0.1) is 0 Å². The minimum absolute atomic E-state index is 0.0746. The monoisotopic (exact) mass is 396 g/mol. The van der Waals surface area contributed by atoms with Crippen LogP contribution in [0.25, 0.3) is 0 Å². The molecule has 1 aliphatic rings. The van der Waals surface area contributed by atoms with Crippen molar-refractivity contribution in [1.82, 2.24) is 20.1 Å². The third-order valence-corrected chi connectivity index (χ3v) is 4.98. The van der Waals surface area contributed by atoms with Crippen molar-refractivity contribution in [1.29, 1.82) is 0 Å². The molecule has 7 heteroatoms. The maximum Gasteiger partial charge on any atom is 0.237 e. The van der Waals surface area contributed by atoms with Gasteiger partial charge in [-0.05, 0) is 36.8 Å². The Bertz CT molecular complexity index is 811. The summed E-state index contributed by atoms with van der Waals surface area (Å²) in [6, 6.07) is 13.0. The predicted octanol–water partition coefficient (Wildman–Crippen LogP) is 1.83. The van der Waals surface area contributed by atoms with E-state index in [-0.39, 0.29) is 18.2 Å². The van der Waals surface area contributed by atoms with Gasteiger partial charge in [0, 0.05) is 32.9 Å². The molecule has 0 unspecified atom stereocenters. The summed E-state index contributed by atoms with van der Waals surface area (Å²) in [5.41, 5.74) is 1.91. The normalized spacial score (nSPS) is 16.9. The number of carbonyl (C=O) groups excluding carboxylic acids is 2. The number of rotatable bonds is 8. The zero-order valence-corrected chi connectivity index (χ0v) is 17.0. The van der Waals surface area contributed by atoms with E-state index in [1.54, 1.807) is 18.1 Å². The summed E-state index contributed by atoms with van der Waals surface area (Å²) in [4.78, 5) is 33.2. The lowest BCUT2D eigenvalue weighted by atomic mass is 10.1. The molecule has 1 aromatic carbocycles. The van der Waals surface area contributed by atoms with Crippen LogP contribution in [0.4, 0.5) is 0 Å². The molecule has 1 aliphatic heterocycles. The number of pyridine rings is 1. The predicted molar refractivity (Wildman–Crippen MR) is 110 cm³/mol. The number of benzene rings is 1. The van der Waals surface area contributed by atoms with Crippen LogP contribution in [-0.4, -0.2) is 59.4 Å². The van der Waals surface area contributed by atoms with Gasteiger partial charge in [0.2, 0.25) is 11.8 Å². The molecule has 2 aromatic rings. The van der Waals surface area contributed by atoms with Crippen molar-refractivity contribution in [2.45, 2.75) is 32.5 Å². The van der Waals surface area contributed by atoms with Crippen molar-refractivity contribution in [3.05, 3.63) is 59.9 Å². The average Bonchev–Trinajstić information content (AvgIpc) is 2.73. The van der Waals surface area contributed by atoms with Crippen molar-refractivity contribution in [2.75, 3.05) is 26.7 Å². The molecule has 0 aliphatic carbocycles. The van der Waals surface area contributed by atoms with Crippen molar-refractivity contribution in [2.24, 2.45) is 0 Å². The second-order valence-corrected chi connectivity index (χ2v) is 7.13. The first-order chi connectivity index (χ1) is 14.1. The van der Waals surface area contributed by atoms with Crippen molar-refractivity contribution < 1.29 is 14.3 Å². The lowest BCUT2D eigenvalue weighted by Gasteiger charge is -2.35. The number of piperazine rings is 1. The Labute approximate surface area is 171 Å². The second-order valence-electron chi connectivity index (χ2n) is 7.13. The van der Waals surface area contributed by atoms with Gasteiger partial charge in [-0.2, -0.15) is 0 Å². The van der Waals surface area contributed by atoms with Gasteiger partial charge < -0.3 is 15.0 Å². The summed E-state index contributed by atoms with van der Waals surface area (Å²) in [5.74, 6) is 0.659. The maximum absolute atomic E-state index is 12.8. The molecule has 0 saturated carbocycles. The molecule has 29 heavy (non-hydrogen) atoms. The smallest absolute Gasteiger partial charge is 0.237 e. The first kappa shape index (κ1) is 20.8. The Kier molecular flexibility index (Phi) is 7.19. The van der Waals surface area contributed by atoms with Gasteiger partial charge in [-0.1, -0.05) is 18.2 Å². The van der Waals surface area contributed by atoms with Gasteiger partial charge in [0.1, 0.15) is 5.75 Å². The van der Waals surface area contributed by atoms with Crippen molar-refractivity contribution in [3.63, 3.8) is 0 Å². The molecule has 3 rings (SSSR count). The Morgan fingerprint density at radius 3 is 2.76 bits per heavy atom. The Balaban J connectivity index is 1.63. The van der Waals surface area contributed by atoms with E-state index in [0.717, 1.165) is 17.0 Å². The molecule has 0 bridgehead atoms. The zero-order chi connectivity index (χ0) is 20.6. The molecule has 0 spiro atoms. The molecule has 2 amide bonds. The highest BCUT2D eigenvalue weighted by molar-refractivity contribution is 5.88. The molecule has 0 radical (unpaired) electrons. The third kappa shape index (κ3) is 5.77. The zero-order valence-electron chi connectivity index (χ0n) is 17.0. The molecule has 154 valence electrons. The van der Waals surface area contributed by atoms with Crippen LogP contribution in [0.3, 0.4) is 0 Å². The van der Waals surface area contributed by atoms with E-state index in [4.69, 9.17) is 4.74 Å². The molecule has 1 N–H and O–H groups in total. The van der Waals surface area contributed by atoms with E-state index in [0.29, 0.717) is 32.8 Å². The highest BCUT2D eigenvalue weighted by Gasteiger charge is 2.32. The molecule has 1 saturated heterocycles. The largest absolute Gasteiger partial charge is 0.494 e. The summed E-state index contributed by atoms with van der Waals surface area (Å²) in [6.07, 6.45) is 1.85. The lowest BCUT2D eigenvalue weighted by molar-refractivity contribution is -0.138. The van der Waals surface area contributed by atoms with Gasteiger partial charge in [0.15, 0.2) is 0 Å². The molecular weight excluding hydrogens is 368 g/mol. The van der Waals surface area contributed by atoms with E-state index in [1.165, 1.54) is 0 Å². The average molecular weight is 396 g/mol. The summed E-state index contributed by atoms with van der Waals surface area (Å²) in [6.45, 7) is 4.91. The molecule has 2 heterocycles. The Hall–Kier alpha value is -2.93. The topological polar surface area (TPSA) is 74.8 Å². The Morgan fingerprint density at radius 1 is 1.28 bits per heavy atom. The third-order valence-electron chi connectivity index (χ3n) is 4.98. The van der Waals surface area contributed by atoms with Crippen LogP contribution in [0, 0.1) is 0 Å². The number of aromatic nitrogens is 1. The number of hydrogen-bond acceptors (Lipinski definition) is 5. The second kappa shape index (κ2) is 10.0. The van der Waals surface area contributed by atoms with Crippen LogP contribution in [0.2, 0.25) is 0 Å². The van der Waals surface area contributed by atoms with Crippen molar-refractivity contribution in [3.8, 4) is 5.75 Å². The number of carbonyl (C=O) groups is 2. The quantitative estimate of drug-likeness (QED) is 0.737.